The van der Waals surface area contributed by atoms with Gasteiger partial charge in [-0.25, -0.2) is 9.18 Å². The molecular formula is C25H46FN3O3. The van der Waals surface area contributed by atoms with E-state index < -0.39 is 29.7 Å². The second kappa shape index (κ2) is 18.0. The Balaban J connectivity index is 1.94. The highest BCUT2D eigenvalue weighted by molar-refractivity contribution is 5.26. The molecule has 0 saturated carbocycles. The fourth-order valence-electron chi connectivity index (χ4n) is 3.88. The Kier molecular flexibility index (Phi) is 16.1. The molecule has 0 aliphatic rings. The van der Waals surface area contributed by atoms with Gasteiger partial charge in [-0.05, 0) is 13.3 Å². The van der Waals surface area contributed by atoms with Gasteiger partial charge in [-0.3, -0.25) is 4.57 Å². The van der Waals surface area contributed by atoms with Gasteiger partial charge >= 0.3 is 5.69 Å². The summed E-state index contributed by atoms with van der Waals surface area (Å²) in [5, 5.41) is 10.2. The van der Waals surface area contributed by atoms with Crippen LogP contribution in [0.5, 0.6) is 0 Å². The molecule has 0 radical (unpaired) electrons. The summed E-state index contributed by atoms with van der Waals surface area (Å²) in [4.78, 5) is 15.1. The number of aromatic nitrogens is 2. The first-order valence-corrected chi connectivity index (χ1v) is 12.8. The summed E-state index contributed by atoms with van der Waals surface area (Å²) < 4.78 is 19.9. The molecule has 1 aromatic rings. The molecule has 1 aromatic heterocycles. The van der Waals surface area contributed by atoms with Gasteiger partial charge in [0.05, 0.1) is 12.3 Å². The number of nitrogen functional groups attached to an aromatic ring is 1. The lowest BCUT2D eigenvalue weighted by Crippen LogP contribution is -2.34. The first-order valence-electron chi connectivity index (χ1n) is 12.8. The van der Waals surface area contributed by atoms with Crippen molar-refractivity contribution in [2.75, 3.05) is 12.3 Å². The number of aliphatic hydroxyl groups is 1. The van der Waals surface area contributed by atoms with Crippen LogP contribution in [0.1, 0.15) is 123 Å². The molecule has 0 aromatic carbocycles. The molecule has 0 bridgehead atoms. The zero-order valence-electron chi connectivity index (χ0n) is 20.4. The molecular weight excluding hydrogens is 409 g/mol. The number of halogens is 1. The average molecular weight is 456 g/mol. The molecule has 0 fully saturated rings. The van der Waals surface area contributed by atoms with E-state index in [1.165, 1.54) is 89.9 Å². The maximum atomic E-state index is 13.5. The van der Waals surface area contributed by atoms with E-state index in [9.17, 15) is 14.3 Å². The molecule has 0 aliphatic carbocycles. The van der Waals surface area contributed by atoms with Gasteiger partial charge in [0.2, 0.25) is 0 Å². The SMILES string of the molecule is CCCCCCCCCCCCCCCCCCOC(C)C(O)n1cc(F)c(N)nc1=O. The molecule has 2 atom stereocenters. The van der Waals surface area contributed by atoms with Crippen molar-refractivity contribution < 1.29 is 14.2 Å². The Morgan fingerprint density at radius 2 is 1.38 bits per heavy atom. The van der Waals surface area contributed by atoms with Crippen LogP contribution in [-0.4, -0.2) is 27.4 Å². The van der Waals surface area contributed by atoms with Gasteiger partial charge in [0.25, 0.3) is 0 Å². The van der Waals surface area contributed by atoms with E-state index in [0.717, 1.165) is 23.6 Å². The zero-order valence-corrected chi connectivity index (χ0v) is 20.4. The van der Waals surface area contributed by atoms with Crippen LogP contribution in [0.15, 0.2) is 11.0 Å². The number of aliphatic hydroxyl groups excluding tert-OH is 1. The van der Waals surface area contributed by atoms with E-state index in [2.05, 4.69) is 11.9 Å². The second-order valence-corrected chi connectivity index (χ2v) is 8.96. The van der Waals surface area contributed by atoms with Crippen LogP contribution in [0.3, 0.4) is 0 Å². The van der Waals surface area contributed by atoms with Crippen molar-refractivity contribution in [2.45, 2.75) is 129 Å². The van der Waals surface area contributed by atoms with Gasteiger partial charge < -0.3 is 15.6 Å². The lowest BCUT2D eigenvalue weighted by molar-refractivity contribution is -0.0658. The Morgan fingerprint density at radius 1 is 0.938 bits per heavy atom. The number of ether oxygens (including phenoxy) is 1. The number of rotatable bonds is 20. The third-order valence-corrected chi connectivity index (χ3v) is 6.02. The topological polar surface area (TPSA) is 90.4 Å². The molecule has 1 heterocycles. The van der Waals surface area contributed by atoms with Gasteiger partial charge in [-0.2, -0.15) is 4.98 Å². The van der Waals surface area contributed by atoms with Crippen LogP contribution in [0, 0.1) is 5.82 Å². The molecule has 1 rings (SSSR count). The molecule has 0 saturated heterocycles. The van der Waals surface area contributed by atoms with Crippen molar-refractivity contribution in [2.24, 2.45) is 0 Å². The molecule has 0 amide bonds. The highest BCUT2D eigenvalue weighted by atomic mass is 19.1. The minimum Gasteiger partial charge on any atom is -0.381 e. The van der Waals surface area contributed by atoms with Crippen molar-refractivity contribution >= 4 is 5.82 Å². The van der Waals surface area contributed by atoms with Crippen LogP contribution in [0.4, 0.5) is 10.2 Å². The predicted molar refractivity (Wildman–Crippen MR) is 129 cm³/mol. The molecule has 7 heteroatoms. The number of hydrogen-bond acceptors (Lipinski definition) is 5. The molecule has 32 heavy (non-hydrogen) atoms. The third-order valence-electron chi connectivity index (χ3n) is 6.02. The van der Waals surface area contributed by atoms with E-state index in [0.29, 0.717) is 6.61 Å². The standard InChI is InChI=1S/C25H46FN3O3/c1-3-4-5-6-7-8-9-10-11-12-13-14-15-16-17-18-19-32-21(2)24(30)29-20-22(26)23(27)28-25(29)31/h20-21,24,30H,3-19H2,1-2H3,(H2,27,28,31). The molecule has 2 unspecified atom stereocenters. The number of hydrogen-bond donors (Lipinski definition) is 2. The van der Waals surface area contributed by atoms with Gasteiger partial charge in [-0.15, -0.1) is 0 Å². The minimum atomic E-state index is -1.30. The molecule has 6 nitrogen and oxygen atoms in total. The second-order valence-electron chi connectivity index (χ2n) is 8.96. The van der Waals surface area contributed by atoms with Gasteiger partial charge in [0, 0.05) is 6.61 Å². The number of nitrogens with two attached hydrogens (primary N) is 1. The summed E-state index contributed by atoms with van der Waals surface area (Å²) in [5.41, 5.74) is 4.46. The summed E-state index contributed by atoms with van der Waals surface area (Å²) in [6.07, 6.45) is 19.9. The molecule has 3 N–H and O–H groups in total. The highest BCUT2D eigenvalue weighted by Gasteiger charge is 2.19. The van der Waals surface area contributed by atoms with Crippen LogP contribution in [0.2, 0.25) is 0 Å². The van der Waals surface area contributed by atoms with E-state index in [1.54, 1.807) is 6.92 Å². The fraction of sp³-hybridized carbons (Fsp3) is 0.840. The maximum Gasteiger partial charge on any atom is 0.351 e. The number of nitrogens with zero attached hydrogens (tertiary/aromatic N) is 2. The summed E-state index contributed by atoms with van der Waals surface area (Å²) in [5.74, 6) is -1.31. The number of unbranched alkanes of at least 4 members (excludes halogenated alkanes) is 15. The summed E-state index contributed by atoms with van der Waals surface area (Å²) >= 11 is 0. The minimum absolute atomic E-state index is 0.472. The maximum absolute atomic E-state index is 13.5. The smallest absolute Gasteiger partial charge is 0.351 e. The Hall–Kier alpha value is -1.47. The van der Waals surface area contributed by atoms with Gasteiger partial charge in [0.1, 0.15) is 0 Å². The summed E-state index contributed by atoms with van der Waals surface area (Å²) in [7, 11) is 0. The predicted octanol–water partition coefficient (Wildman–Crippen LogP) is 6.12. The van der Waals surface area contributed by atoms with Crippen molar-refractivity contribution in [1.29, 1.82) is 0 Å². The largest absolute Gasteiger partial charge is 0.381 e. The third kappa shape index (κ3) is 12.5. The lowest BCUT2D eigenvalue weighted by atomic mass is 10.0. The van der Waals surface area contributed by atoms with Gasteiger partial charge in [0.15, 0.2) is 17.9 Å². The quantitative estimate of drug-likeness (QED) is 0.231. The van der Waals surface area contributed by atoms with Crippen LogP contribution in [0.25, 0.3) is 0 Å². The normalized spacial score (nSPS) is 13.4. The summed E-state index contributed by atoms with van der Waals surface area (Å²) in [6.45, 7) is 4.41. The Bertz CT molecular complexity index is 654. The van der Waals surface area contributed by atoms with E-state index in [4.69, 9.17) is 10.5 Å². The summed E-state index contributed by atoms with van der Waals surface area (Å²) in [6, 6.07) is 0. The Morgan fingerprint density at radius 3 is 1.84 bits per heavy atom. The first kappa shape index (κ1) is 28.6. The lowest BCUT2D eigenvalue weighted by Gasteiger charge is -2.21. The monoisotopic (exact) mass is 455 g/mol. The molecule has 0 spiro atoms. The average Bonchev–Trinajstić information content (AvgIpc) is 2.77. The fourth-order valence-corrected chi connectivity index (χ4v) is 3.88. The van der Waals surface area contributed by atoms with Crippen molar-refractivity contribution in [3.63, 3.8) is 0 Å². The zero-order chi connectivity index (χ0) is 23.6. The highest BCUT2D eigenvalue weighted by Crippen LogP contribution is 2.15. The van der Waals surface area contributed by atoms with E-state index in [1.807, 2.05) is 0 Å². The molecule has 0 aliphatic heterocycles. The number of anilines is 1. The van der Waals surface area contributed by atoms with Crippen molar-refractivity contribution in [3.05, 3.63) is 22.5 Å². The van der Waals surface area contributed by atoms with E-state index >= 15 is 0 Å². The van der Waals surface area contributed by atoms with Crippen molar-refractivity contribution in [1.82, 2.24) is 9.55 Å². The van der Waals surface area contributed by atoms with Crippen molar-refractivity contribution in [3.8, 4) is 0 Å². The first-order chi connectivity index (χ1) is 15.5. The Labute approximate surface area is 193 Å². The van der Waals surface area contributed by atoms with Gasteiger partial charge in [-0.1, -0.05) is 103 Å². The van der Waals surface area contributed by atoms with Crippen LogP contribution < -0.4 is 11.4 Å². The molecule has 186 valence electrons. The van der Waals surface area contributed by atoms with Crippen LogP contribution in [-0.2, 0) is 4.74 Å². The van der Waals surface area contributed by atoms with Crippen LogP contribution >= 0.6 is 0 Å². The van der Waals surface area contributed by atoms with E-state index in [-0.39, 0.29) is 0 Å².